The summed E-state index contributed by atoms with van der Waals surface area (Å²) in [6.07, 6.45) is 1.03. The van der Waals surface area contributed by atoms with E-state index in [0.29, 0.717) is 16.9 Å². The van der Waals surface area contributed by atoms with E-state index in [1.165, 1.54) is 12.1 Å². The minimum absolute atomic E-state index is 0.0816. The van der Waals surface area contributed by atoms with Gasteiger partial charge >= 0.3 is 6.18 Å². The first-order valence-electron chi connectivity index (χ1n) is 8.46. The van der Waals surface area contributed by atoms with Crippen molar-refractivity contribution < 1.29 is 22.7 Å². The quantitative estimate of drug-likeness (QED) is 0.703. The van der Waals surface area contributed by atoms with Crippen LogP contribution in [0.4, 0.5) is 13.2 Å². The number of amides is 1. The average molecular weight is 387 g/mol. The second-order valence-corrected chi connectivity index (χ2v) is 6.13. The fourth-order valence-corrected chi connectivity index (χ4v) is 2.72. The molecule has 0 aliphatic rings. The van der Waals surface area contributed by atoms with E-state index in [1.807, 2.05) is 0 Å². The molecule has 0 fully saturated rings. The third-order valence-electron chi connectivity index (χ3n) is 4.27. The molecular formula is C22H20F3NO2. The molecule has 0 aromatic heterocycles. The lowest BCUT2D eigenvalue weighted by Crippen LogP contribution is -2.29. The molecule has 0 aliphatic heterocycles. The molecule has 2 aromatic carbocycles. The largest absolute Gasteiger partial charge is 0.497 e. The first kappa shape index (κ1) is 21.1. The molecule has 146 valence electrons. The molecular weight excluding hydrogens is 367 g/mol. The van der Waals surface area contributed by atoms with Gasteiger partial charge in [-0.3, -0.25) is 4.79 Å². The number of nitrogens with one attached hydrogen (secondary N) is 1. The van der Waals surface area contributed by atoms with Crippen molar-refractivity contribution >= 4 is 11.5 Å². The van der Waals surface area contributed by atoms with Crippen molar-refractivity contribution in [3.05, 3.63) is 71.8 Å². The minimum atomic E-state index is -4.40. The SMILES string of the molecule is C#CCNC(=O)[C@@H](CC(=C)c1ccc(C(F)(F)F)cc1)c1ccc(OC)cc1. The number of hydrogen-bond acceptors (Lipinski definition) is 2. The number of ether oxygens (including phenoxy) is 1. The molecule has 0 aliphatic carbocycles. The Hall–Kier alpha value is -3.20. The van der Waals surface area contributed by atoms with Crippen LogP contribution in [0.5, 0.6) is 5.75 Å². The van der Waals surface area contributed by atoms with Crippen molar-refractivity contribution in [2.24, 2.45) is 0 Å². The second-order valence-electron chi connectivity index (χ2n) is 6.13. The summed E-state index contributed by atoms with van der Waals surface area (Å²) in [5.41, 5.74) is 1.08. The Morgan fingerprint density at radius 1 is 1.18 bits per heavy atom. The van der Waals surface area contributed by atoms with Gasteiger partial charge in [-0.1, -0.05) is 36.8 Å². The fraction of sp³-hybridized carbons (Fsp3) is 0.227. The molecule has 0 bridgehead atoms. The van der Waals surface area contributed by atoms with Gasteiger partial charge in [-0.25, -0.2) is 0 Å². The van der Waals surface area contributed by atoms with Gasteiger partial charge in [0, 0.05) is 0 Å². The van der Waals surface area contributed by atoms with Gasteiger partial charge in [0.1, 0.15) is 5.75 Å². The number of carbonyl (C=O) groups is 1. The number of alkyl halides is 3. The van der Waals surface area contributed by atoms with Crippen LogP contribution in [0.3, 0.4) is 0 Å². The maximum atomic E-state index is 12.7. The Morgan fingerprint density at radius 2 is 1.79 bits per heavy atom. The van der Waals surface area contributed by atoms with E-state index in [4.69, 9.17) is 11.2 Å². The van der Waals surface area contributed by atoms with Crippen molar-refractivity contribution in [2.75, 3.05) is 13.7 Å². The van der Waals surface area contributed by atoms with Crippen molar-refractivity contribution in [1.29, 1.82) is 0 Å². The highest BCUT2D eigenvalue weighted by atomic mass is 19.4. The Kier molecular flexibility index (Phi) is 6.89. The van der Waals surface area contributed by atoms with Crippen molar-refractivity contribution in [1.82, 2.24) is 5.32 Å². The number of carbonyl (C=O) groups excluding carboxylic acids is 1. The van der Waals surface area contributed by atoms with Crippen molar-refractivity contribution in [2.45, 2.75) is 18.5 Å². The van der Waals surface area contributed by atoms with Crippen molar-refractivity contribution in [3.8, 4) is 18.1 Å². The molecule has 0 saturated carbocycles. The summed E-state index contributed by atoms with van der Waals surface area (Å²) in [5.74, 6) is 2.12. The first-order valence-corrected chi connectivity index (χ1v) is 8.46. The molecule has 6 heteroatoms. The molecule has 0 radical (unpaired) electrons. The summed E-state index contributed by atoms with van der Waals surface area (Å²) >= 11 is 0. The van der Waals surface area contributed by atoms with Gasteiger partial charge in [0.05, 0.1) is 25.1 Å². The number of methoxy groups -OCH3 is 1. The molecule has 2 aromatic rings. The molecule has 28 heavy (non-hydrogen) atoms. The Balaban J connectivity index is 2.24. The van der Waals surface area contributed by atoms with E-state index in [9.17, 15) is 18.0 Å². The average Bonchev–Trinajstić information content (AvgIpc) is 2.69. The zero-order valence-corrected chi connectivity index (χ0v) is 15.3. The number of rotatable bonds is 7. The minimum Gasteiger partial charge on any atom is -0.497 e. The van der Waals surface area contributed by atoms with Gasteiger partial charge in [0.25, 0.3) is 0 Å². The van der Waals surface area contributed by atoms with E-state index >= 15 is 0 Å². The van der Waals surface area contributed by atoms with E-state index in [0.717, 1.165) is 17.7 Å². The maximum absolute atomic E-state index is 12.7. The molecule has 1 N–H and O–H groups in total. The number of allylic oxidation sites excluding steroid dienone is 1. The van der Waals surface area contributed by atoms with Gasteiger partial charge in [0.2, 0.25) is 5.91 Å². The highest BCUT2D eigenvalue weighted by Crippen LogP contribution is 2.33. The molecule has 0 spiro atoms. The van der Waals surface area contributed by atoms with Crippen LogP contribution in [0.25, 0.3) is 5.57 Å². The first-order chi connectivity index (χ1) is 13.3. The van der Waals surface area contributed by atoms with Gasteiger partial charge in [-0.15, -0.1) is 6.42 Å². The Morgan fingerprint density at radius 3 is 2.29 bits per heavy atom. The van der Waals surface area contributed by atoms with Crippen LogP contribution in [0.2, 0.25) is 0 Å². The van der Waals surface area contributed by atoms with E-state index in [1.54, 1.807) is 31.4 Å². The lowest BCUT2D eigenvalue weighted by molar-refractivity contribution is -0.137. The second kappa shape index (κ2) is 9.14. The molecule has 0 unspecified atom stereocenters. The third-order valence-corrected chi connectivity index (χ3v) is 4.27. The monoisotopic (exact) mass is 387 g/mol. The molecule has 1 amide bonds. The van der Waals surface area contributed by atoms with Crippen LogP contribution in [-0.4, -0.2) is 19.6 Å². The van der Waals surface area contributed by atoms with E-state index in [-0.39, 0.29) is 18.9 Å². The number of hydrogen-bond donors (Lipinski definition) is 1. The molecule has 3 nitrogen and oxygen atoms in total. The van der Waals surface area contributed by atoms with Crippen molar-refractivity contribution in [3.63, 3.8) is 0 Å². The lowest BCUT2D eigenvalue weighted by atomic mass is 9.88. The predicted molar refractivity (Wildman–Crippen MR) is 103 cm³/mol. The number of benzene rings is 2. The van der Waals surface area contributed by atoms with Crippen LogP contribution in [0.15, 0.2) is 55.1 Å². The summed E-state index contributed by atoms with van der Waals surface area (Å²) in [5, 5.41) is 2.65. The number of halogens is 3. The maximum Gasteiger partial charge on any atom is 0.416 e. The summed E-state index contributed by atoms with van der Waals surface area (Å²) in [6.45, 7) is 4.03. The molecule has 0 saturated heterocycles. The highest BCUT2D eigenvalue weighted by Gasteiger charge is 2.30. The normalized spacial score (nSPS) is 12.0. The molecule has 2 rings (SSSR count). The van der Waals surface area contributed by atoms with Crippen LogP contribution in [0, 0.1) is 12.3 Å². The van der Waals surface area contributed by atoms with Crippen LogP contribution in [0.1, 0.15) is 29.0 Å². The van der Waals surface area contributed by atoms with Crippen LogP contribution >= 0.6 is 0 Å². The molecule has 0 heterocycles. The van der Waals surface area contributed by atoms with Gasteiger partial charge < -0.3 is 10.1 Å². The third kappa shape index (κ3) is 5.40. The summed E-state index contributed by atoms with van der Waals surface area (Å²) < 4.78 is 43.3. The highest BCUT2D eigenvalue weighted by molar-refractivity contribution is 5.86. The van der Waals surface area contributed by atoms with Crippen LogP contribution < -0.4 is 10.1 Å². The molecule has 1 atom stereocenters. The summed E-state index contributed by atoms with van der Waals surface area (Å²) in [4.78, 5) is 12.6. The fourth-order valence-electron chi connectivity index (χ4n) is 2.72. The van der Waals surface area contributed by atoms with E-state index in [2.05, 4.69) is 17.8 Å². The van der Waals surface area contributed by atoms with E-state index < -0.39 is 17.7 Å². The topological polar surface area (TPSA) is 38.3 Å². The Labute approximate surface area is 162 Å². The Bertz CT molecular complexity index is 863. The predicted octanol–water partition coefficient (Wildman–Crippen LogP) is 4.65. The summed E-state index contributed by atoms with van der Waals surface area (Å²) in [6, 6.07) is 11.7. The van der Waals surface area contributed by atoms with Gasteiger partial charge in [-0.2, -0.15) is 13.2 Å². The standard InChI is InChI=1S/C22H20F3NO2/c1-4-13-26-21(27)20(17-7-11-19(28-3)12-8-17)14-15(2)16-5-9-18(10-6-16)22(23,24)25/h1,5-12,20H,2,13-14H2,3H3,(H,26,27)/t20-/m0/s1. The smallest absolute Gasteiger partial charge is 0.416 e. The summed E-state index contributed by atoms with van der Waals surface area (Å²) in [7, 11) is 1.54. The van der Waals surface area contributed by atoms with Gasteiger partial charge in [0.15, 0.2) is 0 Å². The zero-order valence-electron chi connectivity index (χ0n) is 15.3. The number of terminal acetylenes is 1. The zero-order chi connectivity index (χ0) is 20.7. The van der Waals surface area contributed by atoms with Crippen LogP contribution in [-0.2, 0) is 11.0 Å². The lowest BCUT2D eigenvalue weighted by Gasteiger charge is -2.19. The van der Waals surface area contributed by atoms with Gasteiger partial charge in [-0.05, 0) is 47.4 Å².